The van der Waals surface area contributed by atoms with Crippen LogP contribution in [-0.4, -0.2) is 23.7 Å². The zero-order valence-corrected chi connectivity index (χ0v) is 7.00. The fourth-order valence-electron chi connectivity index (χ4n) is 1.48. The van der Waals surface area contributed by atoms with Gasteiger partial charge in [-0.3, -0.25) is 4.79 Å². The van der Waals surface area contributed by atoms with Crippen LogP contribution in [0.15, 0.2) is 0 Å². The van der Waals surface area contributed by atoms with E-state index in [-0.39, 0.29) is 24.5 Å². The molecule has 3 nitrogen and oxygen atoms in total. The maximum absolute atomic E-state index is 11.2. The van der Waals surface area contributed by atoms with E-state index >= 15 is 0 Å². The number of hydrogen-bond acceptors (Lipinski definition) is 2. The molecule has 0 saturated carbocycles. The highest BCUT2D eigenvalue weighted by Gasteiger charge is 2.33. The Kier molecular flexibility index (Phi) is 2.49. The number of nitrogens with one attached hydrogen (secondary N) is 1. The van der Waals surface area contributed by atoms with Crippen molar-refractivity contribution in [2.45, 2.75) is 26.3 Å². The Hall–Kier alpha value is -0.570. The minimum atomic E-state index is -0.00472. The van der Waals surface area contributed by atoms with Crippen molar-refractivity contribution in [3.05, 3.63) is 0 Å². The Labute approximate surface area is 66.8 Å². The first-order valence-corrected chi connectivity index (χ1v) is 4.06. The summed E-state index contributed by atoms with van der Waals surface area (Å²) in [5.74, 6) is 0.581. The minimum Gasteiger partial charge on any atom is -0.394 e. The first-order chi connectivity index (χ1) is 5.15. The van der Waals surface area contributed by atoms with Crippen LogP contribution < -0.4 is 5.32 Å². The Morgan fingerprint density at radius 2 is 2.36 bits per heavy atom. The standard InChI is InChI=1S/C8H15NO2/c1-5(2)7-3-6(4-10)9-8(7)11/h5-7,10H,3-4H2,1-2H3,(H,9,11)/t6-,7+/m1/s1. The molecule has 1 aliphatic rings. The molecule has 0 aromatic rings. The lowest BCUT2D eigenvalue weighted by Crippen LogP contribution is -2.29. The average Bonchev–Trinajstić information content (AvgIpc) is 2.30. The molecule has 2 N–H and O–H groups in total. The topological polar surface area (TPSA) is 49.3 Å². The molecule has 1 heterocycles. The highest BCUT2D eigenvalue weighted by molar-refractivity contribution is 5.81. The number of carbonyl (C=O) groups is 1. The Balaban J connectivity index is 2.52. The molecule has 2 atom stereocenters. The van der Waals surface area contributed by atoms with Gasteiger partial charge < -0.3 is 10.4 Å². The van der Waals surface area contributed by atoms with Gasteiger partial charge in [-0.25, -0.2) is 0 Å². The van der Waals surface area contributed by atoms with Crippen molar-refractivity contribution in [1.82, 2.24) is 5.32 Å². The van der Waals surface area contributed by atoms with Crippen LogP contribution in [0.1, 0.15) is 20.3 Å². The molecule has 0 bridgehead atoms. The van der Waals surface area contributed by atoms with E-state index in [9.17, 15) is 4.79 Å². The number of aliphatic hydroxyl groups is 1. The van der Waals surface area contributed by atoms with Crippen LogP contribution in [0.2, 0.25) is 0 Å². The van der Waals surface area contributed by atoms with Gasteiger partial charge in [-0.05, 0) is 12.3 Å². The number of amides is 1. The molecule has 0 aliphatic carbocycles. The van der Waals surface area contributed by atoms with Gasteiger partial charge in [-0.2, -0.15) is 0 Å². The summed E-state index contributed by atoms with van der Waals surface area (Å²) in [6, 6.07) is -0.00472. The molecule has 3 heteroatoms. The van der Waals surface area contributed by atoms with E-state index in [0.29, 0.717) is 5.92 Å². The summed E-state index contributed by atoms with van der Waals surface area (Å²) < 4.78 is 0. The molecule has 1 fully saturated rings. The van der Waals surface area contributed by atoms with Gasteiger partial charge in [0.15, 0.2) is 0 Å². The summed E-state index contributed by atoms with van der Waals surface area (Å²) in [5, 5.41) is 11.5. The third kappa shape index (κ3) is 1.71. The summed E-state index contributed by atoms with van der Waals surface area (Å²) >= 11 is 0. The van der Waals surface area contributed by atoms with Crippen molar-refractivity contribution < 1.29 is 9.90 Å². The van der Waals surface area contributed by atoms with E-state index in [1.54, 1.807) is 0 Å². The van der Waals surface area contributed by atoms with Gasteiger partial charge in [-0.1, -0.05) is 13.8 Å². The molecule has 11 heavy (non-hydrogen) atoms. The highest BCUT2D eigenvalue weighted by atomic mass is 16.3. The maximum Gasteiger partial charge on any atom is 0.223 e. The number of rotatable bonds is 2. The third-order valence-electron chi connectivity index (χ3n) is 2.25. The largest absolute Gasteiger partial charge is 0.394 e. The lowest BCUT2D eigenvalue weighted by Gasteiger charge is -2.09. The van der Waals surface area contributed by atoms with Crippen molar-refractivity contribution >= 4 is 5.91 Å². The first-order valence-electron chi connectivity index (χ1n) is 4.06. The Morgan fingerprint density at radius 3 is 2.64 bits per heavy atom. The van der Waals surface area contributed by atoms with Gasteiger partial charge >= 0.3 is 0 Å². The molecule has 1 amide bonds. The highest BCUT2D eigenvalue weighted by Crippen LogP contribution is 2.22. The van der Waals surface area contributed by atoms with E-state index < -0.39 is 0 Å². The second-order valence-electron chi connectivity index (χ2n) is 3.47. The molecule has 0 aromatic heterocycles. The van der Waals surface area contributed by atoms with E-state index in [1.165, 1.54) is 0 Å². The second kappa shape index (κ2) is 3.22. The lowest BCUT2D eigenvalue weighted by molar-refractivity contribution is -0.123. The summed E-state index contributed by atoms with van der Waals surface area (Å²) in [6.45, 7) is 4.13. The van der Waals surface area contributed by atoms with Gasteiger partial charge in [0.05, 0.1) is 12.6 Å². The van der Waals surface area contributed by atoms with E-state index in [4.69, 9.17) is 5.11 Å². The average molecular weight is 157 g/mol. The molecular formula is C8H15NO2. The minimum absolute atomic E-state index is 0.00472. The molecular weight excluding hydrogens is 142 g/mol. The van der Waals surface area contributed by atoms with Crippen molar-refractivity contribution in [2.24, 2.45) is 11.8 Å². The summed E-state index contributed by atoms with van der Waals surface area (Å²) in [4.78, 5) is 11.2. The van der Waals surface area contributed by atoms with Crippen LogP contribution in [0.25, 0.3) is 0 Å². The van der Waals surface area contributed by atoms with Gasteiger partial charge in [0.2, 0.25) is 5.91 Å². The second-order valence-corrected chi connectivity index (χ2v) is 3.47. The first kappa shape index (κ1) is 8.53. The van der Waals surface area contributed by atoms with Crippen LogP contribution in [-0.2, 0) is 4.79 Å². The summed E-state index contributed by atoms with van der Waals surface area (Å²) in [7, 11) is 0. The smallest absolute Gasteiger partial charge is 0.223 e. The van der Waals surface area contributed by atoms with Crippen molar-refractivity contribution in [3.63, 3.8) is 0 Å². The zero-order chi connectivity index (χ0) is 8.43. The molecule has 1 rings (SSSR count). The fourth-order valence-corrected chi connectivity index (χ4v) is 1.48. The number of aliphatic hydroxyl groups excluding tert-OH is 1. The summed E-state index contributed by atoms with van der Waals surface area (Å²) in [5.41, 5.74) is 0. The SMILES string of the molecule is CC(C)[C@@H]1C[C@H](CO)NC1=O. The quantitative estimate of drug-likeness (QED) is 0.599. The van der Waals surface area contributed by atoms with Crippen LogP contribution in [0.3, 0.4) is 0 Å². The van der Waals surface area contributed by atoms with Gasteiger partial charge in [0.1, 0.15) is 0 Å². The molecule has 1 saturated heterocycles. The predicted molar refractivity (Wildman–Crippen MR) is 42.0 cm³/mol. The Bertz CT molecular complexity index is 156. The molecule has 0 unspecified atom stereocenters. The molecule has 0 radical (unpaired) electrons. The number of hydrogen-bond donors (Lipinski definition) is 2. The predicted octanol–water partition coefficient (Wildman–Crippen LogP) is 0.139. The van der Waals surface area contributed by atoms with Crippen LogP contribution in [0, 0.1) is 11.8 Å². The zero-order valence-electron chi connectivity index (χ0n) is 7.00. The molecule has 1 aliphatic heterocycles. The van der Waals surface area contributed by atoms with Gasteiger partial charge in [0, 0.05) is 5.92 Å². The monoisotopic (exact) mass is 157 g/mol. The molecule has 0 aromatic carbocycles. The third-order valence-corrected chi connectivity index (χ3v) is 2.25. The lowest BCUT2D eigenvalue weighted by atomic mass is 9.93. The van der Waals surface area contributed by atoms with Gasteiger partial charge in [-0.15, -0.1) is 0 Å². The van der Waals surface area contributed by atoms with Crippen LogP contribution in [0.5, 0.6) is 0 Å². The molecule has 64 valence electrons. The maximum atomic E-state index is 11.2. The fraction of sp³-hybridized carbons (Fsp3) is 0.875. The summed E-state index contributed by atoms with van der Waals surface area (Å²) in [6.07, 6.45) is 0.785. The van der Waals surface area contributed by atoms with E-state index in [1.807, 2.05) is 13.8 Å². The van der Waals surface area contributed by atoms with Gasteiger partial charge in [0.25, 0.3) is 0 Å². The van der Waals surface area contributed by atoms with Crippen molar-refractivity contribution in [3.8, 4) is 0 Å². The van der Waals surface area contributed by atoms with E-state index in [2.05, 4.69) is 5.32 Å². The van der Waals surface area contributed by atoms with Crippen molar-refractivity contribution in [2.75, 3.05) is 6.61 Å². The molecule has 0 spiro atoms. The van der Waals surface area contributed by atoms with Crippen LogP contribution in [0.4, 0.5) is 0 Å². The Morgan fingerprint density at radius 1 is 1.73 bits per heavy atom. The van der Waals surface area contributed by atoms with Crippen LogP contribution >= 0.6 is 0 Å². The normalized spacial score (nSPS) is 31.1. The van der Waals surface area contributed by atoms with Crippen molar-refractivity contribution in [1.29, 1.82) is 0 Å². The number of carbonyl (C=O) groups excluding carboxylic acids is 1. The van der Waals surface area contributed by atoms with E-state index in [0.717, 1.165) is 6.42 Å².